The van der Waals surface area contributed by atoms with Crippen LogP contribution < -0.4 is 5.73 Å². The zero-order valence-corrected chi connectivity index (χ0v) is 14.3. The van der Waals surface area contributed by atoms with E-state index in [0.29, 0.717) is 0 Å². The van der Waals surface area contributed by atoms with Crippen molar-refractivity contribution in [3.63, 3.8) is 0 Å². The topological polar surface area (TPSA) is 26.0 Å². The maximum atomic E-state index is 6.21. The lowest BCUT2D eigenvalue weighted by atomic mass is 9.95. The summed E-state index contributed by atoms with van der Waals surface area (Å²) in [5.41, 5.74) is 10.2. The van der Waals surface area contributed by atoms with E-state index < -0.39 is 0 Å². The third kappa shape index (κ3) is 7.55. The molecule has 0 saturated heterocycles. The van der Waals surface area contributed by atoms with Crippen molar-refractivity contribution in [3.05, 3.63) is 29.3 Å². The minimum atomic E-state index is 1.01. The predicted molar refractivity (Wildman–Crippen MR) is 95.8 cm³/mol. The van der Waals surface area contributed by atoms with Crippen molar-refractivity contribution in [3.8, 4) is 0 Å². The molecule has 21 heavy (non-hydrogen) atoms. The molecule has 0 spiro atoms. The summed E-state index contributed by atoms with van der Waals surface area (Å²) in [7, 11) is 0. The van der Waals surface area contributed by atoms with Gasteiger partial charge in [0.2, 0.25) is 0 Å². The number of nitrogen functional groups attached to an aromatic ring is 1. The molecule has 0 amide bonds. The SMILES string of the molecule is CCCCCCCc1cccc(N)c1CCCCCCC. The van der Waals surface area contributed by atoms with Gasteiger partial charge < -0.3 is 5.73 Å². The van der Waals surface area contributed by atoms with Gasteiger partial charge in [0, 0.05) is 5.69 Å². The Bertz CT molecular complexity index is 370. The van der Waals surface area contributed by atoms with Crippen LogP contribution in [0, 0.1) is 0 Å². The number of hydrogen-bond donors (Lipinski definition) is 1. The van der Waals surface area contributed by atoms with Gasteiger partial charge in [-0.15, -0.1) is 0 Å². The number of unbranched alkanes of at least 4 members (excludes halogenated alkanes) is 8. The van der Waals surface area contributed by atoms with Crippen LogP contribution >= 0.6 is 0 Å². The Morgan fingerprint density at radius 2 is 1.29 bits per heavy atom. The fraction of sp³-hybridized carbons (Fsp3) is 0.700. The van der Waals surface area contributed by atoms with Gasteiger partial charge in [-0.2, -0.15) is 0 Å². The van der Waals surface area contributed by atoms with Crippen molar-refractivity contribution in [2.45, 2.75) is 90.9 Å². The highest BCUT2D eigenvalue weighted by Gasteiger charge is 2.06. The number of hydrogen-bond acceptors (Lipinski definition) is 1. The van der Waals surface area contributed by atoms with Crippen molar-refractivity contribution < 1.29 is 0 Å². The molecule has 2 N–H and O–H groups in total. The van der Waals surface area contributed by atoms with E-state index in [9.17, 15) is 0 Å². The number of nitrogens with two attached hydrogens (primary N) is 1. The van der Waals surface area contributed by atoms with Crippen LogP contribution in [0.3, 0.4) is 0 Å². The summed E-state index contributed by atoms with van der Waals surface area (Å²) < 4.78 is 0. The van der Waals surface area contributed by atoms with Gasteiger partial charge >= 0.3 is 0 Å². The molecular weight excluding hydrogens is 254 g/mol. The Morgan fingerprint density at radius 3 is 1.90 bits per heavy atom. The number of anilines is 1. The van der Waals surface area contributed by atoms with Crippen LogP contribution in [0.5, 0.6) is 0 Å². The molecule has 0 radical (unpaired) electrons. The normalized spacial score (nSPS) is 11.0. The molecular formula is C20H35N. The minimum Gasteiger partial charge on any atom is -0.398 e. The molecule has 0 unspecified atom stereocenters. The second-order valence-electron chi connectivity index (χ2n) is 6.31. The second kappa shape index (κ2) is 11.7. The quantitative estimate of drug-likeness (QED) is 0.355. The first-order valence-electron chi connectivity index (χ1n) is 9.15. The molecule has 0 fully saturated rings. The highest BCUT2D eigenvalue weighted by Crippen LogP contribution is 2.22. The zero-order valence-electron chi connectivity index (χ0n) is 14.3. The molecule has 1 aromatic rings. The molecule has 0 aliphatic carbocycles. The Kier molecular flexibility index (Phi) is 10.0. The zero-order chi connectivity index (χ0) is 15.3. The summed E-state index contributed by atoms with van der Waals surface area (Å²) in [6.45, 7) is 4.54. The summed E-state index contributed by atoms with van der Waals surface area (Å²) >= 11 is 0. The van der Waals surface area contributed by atoms with Gasteiger partial charge in [0.05, 0.1) is 0 Å². The fourth-order valence-corrected chi connectivity index (χ4v) is 3.02. The van der Waals surface area contributed by atoms with Crippen LogP contribution in [0.15, 0.2) is 18.2 Å². The van der Waals surface area contributed by atoms with E-state index >= 15 is 0 Å². The summed E-state index contributed by atoms with van der Waals surface area (Å²) in [5.74, 6) is 0. The van der Waals surface area contributed by atoms with Crippen LogP contribution in [0.2, 0.25) is 0 Å². The molecule has 120 valence electrons. The molecule has 1 nitrogen and oxygen atoms in total. The van der Waals surface area contributed by atoms with E-state index in [2.05, 4.69) is 32.0 Å². The third-order valence-corrected chi connectivity index (χ3v) is 4.39. The monoisotopic (exact) mass is 289 g/mol. The van der Waals surface area contributed by atoms with Gasteiger partial charge in [-0.25, -0.2) is 0 Å². The summed E-state index contributed by atoms with van der Waals surface area (Å²) in [5, 5.41) is 0. The molecule has 1 heteroatoms. The highest BCUT2D eigenvalue weighted by molar-refractivity contribution is 5.51. The molecule has 1 aromatic carbocycles. The van der Waals surface area contributed by atoms with Gasteiger partial charge in [-0.05, 0) is 42.9 Å². The van der Waals surface area contributed by atoms with E-state index in [1.54, 1.807) is 0 Å². The molecule has 1 rings (SSSR count). The fourth-order valence-electron chi connectivity index (χ4n) is 3.02. The molecule has 0 aliphatic rings. The largest absolute Gasteiger partial charge is 0.398 e. The first kappa shape index (κ1) is 18.1. The Balaban J connectivity index is 2.41. The van der Waals surface area contributed by atoms with Crippen molar-refractivity contribution in [2.24, 2.45) is 0 Å². The van der Waals surface area contributed by atoms with Crippen molar-refractivity contribution >= 4 is 5.69 Å². The number of aryl methyl sites for hydroxylation is 1. The number of benzene rings is 1. The summed E-state index contributed by atoms with van der Waals surface area (Å²) in [4.78, 5) is 0. The van der Waals surface area contributed by atoms with Crippen molar-refractivity contribution in [1.29, 1.82) is 0 Å². The van der Waals surface area contributed by atoms with E-state index in [0.717, 1.165) is 5.69 Å². The third-order valence-electron chi connectivity index (χ3n) is 4.39. The maximum absolute atomic E-state index is 6.21. The van der Waals surface area contributed by atoms with Crippen LogP contribution in [0.4, 0.5) is 5.69 Å². The van der Waals surface area contributed by atoms with Crippen LogP contribution in [-0.4, -0.2) is 0 Å². The van der Waals surface area contributed by atoms with Gasteiger partial charge in [0.1, 0.15) is 0 Å². The molecule has 0 atom stereocenters. The Morgan fingerprint density at radius 1 is 0.714 bits per heavy atom. The van der Waals surface area contributed by atoms with Gasteiger partial charge in [-0.1, -0.05) is 77.3 Å². The summed E-state index contributed by atoms with van der Waals surface area (Å²) in [6.07, 6.45) is 15.8. The number of rotatable bonds is 12. The average Bonchev–Trinajstić information content (AvgIpc) is 2.49. The smallest absolute Gasteiger partial charge is 0.0349 e. The van der Waals surface area contributed by atoms with E-state index in [4.69, 9.17) is 5.73 Å². The van der Waals surface area contributed by atoms with Crippen LogP contribution in [0.1, 0.15) is 89.2 Å². The lowest BCUT2D eigenvalue weighted by molar-refractivity contribution is 0.621. The van der Waals surface area contributed by atoms with Crippen LogP contribution in [0.25, 0.3) is 0 Å². The minimum absolute atomic E-state index is 1.01. The Hall–Kier alpha value is -0.980. The second-order valence-corrected chi connectivity index (χ2v) is 6.31. The first-order valence-corrected chi connectivity index (χ1v) is 9.15. The molecule has 0 aliphatic heterocycles. The Labute approximate surface area is 132 Å². The van der Waals surface area contributed by atoms with E-state index in [1.165, 1.54) is 88.2 Å². The molecule has 0 heterocycles. The highest BCUT2D eigenvalue weighted by atomic mass is 14.6. The molecule has 0 aromatic heterocycles. The van der Waals surface area contributed by atoms with Crippen LogP contribution in [-0.2, 0) is 12.8 Å². The van der Waals surface area contributed by atoms with E-state index in [1.807, 2.05) is 0 Å². The maximum Gasteiger partial charge on any atom is 0.0349 e. The standard InChI is InChI=1S/C20H35N/c1-3-5-7-9-11-14-18-15-13-17-20(21)19(18)16-12-10-8-6-4-2/h13,15,17H,3-12,14,16,21H2,1-2H3. The van der Waals surface area contributed by atoms with Crippen molar-refractivity contribution in [1.82, 2.24) is 0 Å². The first-order chi connectivity index (χ1) is 10.3. The van der Waals surface area contributed by atoms with Gasteiger partial charge in [-0.3, -0.25) is 0 Å². The molecule has 0 bridgehead atoms. The van der Waals surface area contributed by atoms with Gasteiger partial charge in [0.25, 0.3) is 0 Å². The average molecular weight is 290 g/mol. The van der Waals surface area contributed by atoms with Crippen molar-refractivity contribution in [2.75, 3.05) is 5.73 Å². The summed E-state index contributed by atoms with van der Waals surface area (Å²) in [6, 6.07) is 6.48. The van der Waals surface area contributed by atoms with Gasteiger partial charge in [0.15, 0.2) is 0 Å². The van der Waals surface area contributed by atoms with E-state index in [-0.39, 0.29) is 0 Å². The lowest BCUT2D eigenvalue weighted by Crippen LogP contribution is -2.01. The predicted octanol–water partition coefficient (Wildman–Crippen LogP) is 6.29. The lowest BCUT2D eigenvalue weighted by Gasteiger charge is -2.12. The molecule has 0 saturated carbocycles.